The topological polar surface area (TPSA) is 151 Å². The number of benzene rings is 2. The minimum Gasteiger partial charge on any atom is -0.493 e. The zero-order chi connectivity index (χ0) is 22.4. The molecule has 156 valence electrons. The maximum atomic E-state index is 11.7. The number of aromatic amines is 1. The Kier molecular flexibility index (Phi) is 6.27. The van der Waals surface area contributed by atoms with Crippen LogP contribution in [0.25, 0.3) is 12.2 Å². The second kappa shape index (κ2) is 9.23. The molecule has 3 aromatic rings. The van der Waals surface area contributed by atoms with Crippen LogP contribution in [0, 0.1) is 21.4 Å². The van der Waals surface area contributed by atoms with Gasteiger partial charge >= 0.3 is 11.2 Å². The van der Waals surface area contributed by atoms with Crippen LogP contribution in [0.5, 0.6) is 17.4 Å². The van der Waals surface area contributed by atoms with Crippen LogP contribution in [-0.2, 0) is 6.61 Å². The molecule has 0 radical (unpaired) electrons. The summed E-state index contributed by atoms with van der Waals surface area (Å²) in [4.78, 5) is 27.3. The van der Waals surface area contributed by atoms with E-state index in [1.54, 1.807) is 48.5 Å². The lowest BCUT2D eigenvalue weighted by Gasteiger charge is -2.11. The van der Waals surface area contributed by atoms with Gasteiger partial charge in [0.15, 0.2) is 11.5 Å². The minimum atomic E-state index is -1.05. The first-order chi connectivity index (χ1) is 14.9. The van der Waals surface area contributed by atoms with E-state index < -0.39 is 22.0 Å². The summed E-state index contributed by atoms with van der Waals surface area (Å²) in [6.45, 7) is 0.282. The summed E-state index contributed by atoms with van der Waals surface area (Å²) in [6.07, 6.45) is 2.97. The fraction of sp³-hybridized carbons (Fsp3) is 0.0952. The van der Waals surface area contributed by atoms with E-state index in [-0.39, 0.29) is 12.4 Å². The fourth-order valence-electron chi connectivity index (χ4n) is 2.63. The Balaban J connectivity index is 1.75. The zero-order valence-electron chi connectivity index (χ0n) is 16.2. The first kappa shape index (κ1) is 21.1. The number of aromatic nitrogens is 2. The molecule has 0 fully saturated rings. The van der Waals surface area contributed by atoms with E-state index in [1.165, 1.54) is 13.2 Å². The largest absolute Gasteiger partial charge is 0.493 e. The molecule has 1 heterocycles. The maximum Gasteiger partial charge on any atom is 0.395 e. The third-order valence-corrected chi connectivity index (χ3v) is 4.18. The summed E-state index contributed by atoms with van der Waals surface area (Å²) >= 11 is 0. The van der Waals surface area contributed by atoms with Crippen LogP contribution in [0.3, 0.4) is 0 Å². The van der Waals surface area contributed by atoms with Gasteiger partial charge in [-0.15, -0.1) is 0 Å². The van der Waals surface area contributed by atoms with Crippen molar-refractivity contribution in [2.45, 2.75) is 6.61 Å². The van der Waals surface area contributed by atoms with Gasteiger partial charge in [0.1, 0.15) is 12.4 Å². The molecule has 2 aromatic carbocycles. The molecule has 10 nitrogen and oxygen atoms in total. The molecule has 0 aliphatic carbocycles. The summed E-state index contributed by atoms with van der Waals surface area (Å²) in [5, 5.41) is 29.2. The number of nitrogens with zero attached hydrogens (tertiary/aromatic N) is 3. The van der Waals surface area contributed by atoms with Gasteiger partial charge in [0.25, 0.3) is 5.88 Å². The van der Waals surface area contributed by atoms with Crippen molar-refractivity contribution in [3.63, 3.8) is 0 Å². The molecule has 10 heteroatoms. The highest BCUT2D eigenvalue weighted by Gasteiger charge is 2.21. The molecule has 0 atom stereocenters. The predicted octanol–water partition coefficient (Wildman–Crippen LogP) is 3.01. The summed E-state index contributed by atoms with van der Waals surface area (Å²) in [6, 6.07) is 14.2. The Morgan fingerprint density at radius 1 is 1.23 bits per heavy atom. The Hall–Kier alpha value is -4.65. The van der Waals surface area contributed by atoms with E-state index in [4.69, 9.17) is 14.7 Å². The number of nitrogens with one attached hydrogen (secondary N) is 1. The third-order valence-electron chi connectivity index (χ3n) is 4.18. The lowest BCUT2D eigenvalue weighted by Crippen LogP contribution is -2.14. The molecular formula is C21H16N4O6. The van der Waals surface area contributed by atoms with E-state index in [2.05, 4.69) is 16.0 Å². The second-order valence-electron chi connectivity index (χ2n) is 6.22. The number of rotatable bonds is 7. The van der Waals surface area contributed by atoms with Crippen LogP contribution < -0.4 is 15.0 Å². The van der Waals surface area contributed by atoms with Crippen LogP contribution in [0.2, 0.25) is 0 Å². The van der Waals surface area contributed by atoms with Crippen molar-refractivity contribution in [3.05, 3.63) is 85.4 Å². The highest BCUT2D eigenvalue weighted by atomic mass is 16.6. The van der Waals surface area contributed by atoms with Gasteiger partial charge in [-0.05, 0) is 41.5 Å². The van der Waals surface area contributed by atoms with Gasteiger partial charge in [-0.25, -0.2) is 0 Å². The van der Waals surface area contributed by atoms with Gasteiger partial charge in [-0.2, -0.15) is 10.2 Å². The van der Waals surface area contributed by atoms with E-state index in [0.717, 1.165) is 5.56 Å². The summed E-state index contributed by atoms with van der Waals surface area (Å²) < 4.78 is 11.1. The fourth-order valence-corrected chi connectivity index (χ4v) is 2.63. The number of nitro groups is 1. The third kappa shape index (κ3) is 5.04. The number of methoxy groups -OCH3 is 1. The first-order valence-corrected chi connectivity index (χ1v) is 8.87. The molecule has 2 N–H and O–H groups in total. The summed E-state index contributed by atoms with van der Waals surface area (Å²) in [5.41, 5.74) is 0.0552. The molecular weight excluding hydrogens is 404 g/mol. The van der Waals surface area contributed by atoms with Gasteiger partial charge in [0.05, 0.1) is 23.7 Å². The van der Waals surface area contributed by atoms with Gasteiger partial charge in [-0.3, -0.25) is 14.9 Å². The lowest BCUT2D eigenvalue weighted by molar-refractivity contribution is -0.387. The monoisotopic (exact) mass is 420 g/mol. The van der Waals surface area contributed by atoms with E-state index >= 15 is 0 Å². The smallest absolute Gasteiger partial charge is 0.395 e. The summed E-state index contributed by atoms with van der Waals surface area (Å²) in [7, 11) is 1.49. The highest BCUT2D eigenvalue weighted by molar-refractivity contribution is 5.68. The van der Waals surface area contributed by atoms with Crippen molar-refractivity contribution in [1.29, 1.82) is 5.26 Å². The average Bonchev–Trinajstić information content (AvgIpc) is 2.76. The van der Waals surface area contributed by atoms with Gasteiger partial charge in [0, 0.05) is 0 Å². The lowest BCUT2D eigenvalue weighted by atomic mass is 10.1. The van der Waals surface area contributed by atoms with Crippen molar-refractivity contribution >= 4 is 17.8 Å². The number of ether oxygens (including phenoxy) is 2. The number of hydrogen-bond donors (Lipinski definition) is 2. The van der Waals surface area contributed by atoms with Crippen LogP contribution in [0.1, 0.15) is 22.5 Å². The van der Waals surface area contributed by atoms with Gasteiger partial charge in [0.2, 0.25) is 0 Å². The quantitative estimate of drug-likeness (QED) is 0.437. The minimum absolute atomic E-state index is 0.0480. The average molecular weight is 420 g/mol. The van der Waals surface area contributed by atoms with E-state index in [0.29, 0.717) is 22.6 Å². The van der Waals surface area contributed by atoms with Gasteiger partial charge in [-0.1, -0.05) is 24.3 Å². The second-order valence-corrected chi connectivity index (χ2v) is 6.22. The normalized spacial score (nSPS) is 10.6. The van der Waals surface area contributed by atoms with Crippen molar-refractivity contribution < 1.29 is 19.5 Å². The molecule has 0 saturated heterocycles. The van der Waals surface area contributed by atoms with Crippen molar-refractivity contribution in [2.24, 2.45) is 0 Å². The molecule has 0 aliphatic rings. The van der Waals surface area contributed by atoms with Crippen LogP contribution in [0.15, 0.2) is 47.3 Å². The molecule has 0 amide bonds. The molecule has 3 rings (SSSR count). The molecule has 1 aromatic heterocycles. The molecule has 31 heavy (non-hydrogen) atoms. The number of aromatic hydroxyl groups is 1. The molecule has 0 bridgehead atoms. The number of nitriles is 1. The van der Waals surface area contributed by atoms with E-state index in [9.17, 15) is 20.0 Å². The number of hydrogen-bond acceptors (Lipinski definition) is 8. The zero-order valence-corrected chi connectivity index (χ0v) is 16.2. The van der Waals surface area contributed by atoms with E-state index in [1.807, 2.05) is 0 Å². The predicted molar refractivity (Wildman–Crippen MR) is 111 cm³/mol. The van der Waals surface area contributed by atoms with Crippen LogP contribution in [-0.4, -0.2) is 27.1 Å². The summed E-state index contributed by atoms with van der Waals surface area (Å²) in [5.74, 6) is -0.0435. The SMILES string of the molecule is COc1cc(/C=C/c2nc(O)c([N+](=O)[O-])c(=O)[nH]2)ccc1OCc1ccc(C#N)cc1. The van der Waals surface area contributed by atoms with Crippen molar-refractivity contribution in [1.82, 2.24) is 9.97 Å². The Morgan fingerprint density at radius 2 is 1.97 bits per heavy atom. The standard InChI is InChI=1S/C21H16N4O6/c1-30-17-10-13(7-9-18-23-20(26)19(25(28)29)21(27)24-18)6-8-16(17)31-12-15-4-2-14(11-22)3-5-15/h2-10H,12H2,1H3,(H2,23,24,26,27)/b9-7+. The van der Waals surface area contributed by atoms with Crippen molar-refractivity contribution in [3.8, 4) is 23.4 Å². The van der Waals surface area contributed by atoms with Crippen LogP contribution in [0.4, 0.5) is 5.69 Å². The Bertz CT molecular complexity index is 1240. The molecule has 0 saturated carbocycles. The number of H-pyrrole nitrogens is 1. The van der Waals surface area contributed by atoms with Crippen LogP contribution >= 0.6 is 0 Å². The maximum absolute atomic E-state index is 11.7. The van der Waals surface area contributed by atoms with Gasteiger partial charge < -0.3 is 19.6 Å². The van der Waals surface area contributed by atoms with Crippen molar-refractivity contribution in [2.75, 3.05) is 7.11 Å². The Labute approximate surface area is 175 Å². The Morgan fingerprint density at radius 3 is 2.58 bits per heavy atom. The first-order valence-electron chi connectivity index (χ1n) is 8.87. The molecule has 0 spiro atoms. The highest BCUT2D eigenvalue weighted by Crippen LogP contribution is 2.29. The molecule has 0 aliphatic heterocycles. The molecule has 0 unspecified atom stereocenters.